The molecule has 0 N–H and O–H groups in total. The zero-order valence-electron chi connectivity index (χ0n) is 7.96. The van der Waals surface area contributed by atoms with Crippen LogP contribution in [0.5, 0.6) is 0 Å². The van der Waals surface area contributed by atoms with E-state index in [0.717, 1.165) is 21.8 Å². The molecule has 5 heteroatoms. The molecule has 1 aromatic carbocycles. The third kappa shape index (κ3) is 3.93. The third-order valence-corrected chi connectivity index (χ3v) is 1.74. The van der Waals surface area contributed by atoms with Gasteiger partial charge in [-0.3, -0.25) is 4.98 Å². The SMILES string of the molecule is O=N[O-].[CH2-]c1ccnc2ccccc12.[Y]. The number of aromatic nitrogens is 1. The van der Waals surface area contributed by atoms with Crippen LogP contribution in [0.25, 0.3) is 10.9 Å². The topological polar surface area (TPSA) is 65.4 Å². The second kappa shape index (κ2) is 7.32. The van der Waals surface area contributed by atoms with Crippen LogP contribution in [0.2, 0.25) is 0 Å². The summed E-state index contributed by atoms with van der Waals surface area (Å²) in [6.45, 7) is 3.91. The molecule has 0 saturated heterocycles. The van der Waals surface area contributed by atoms with Gasteiger partial charge in [-0.05, 0) is 12.3 Å². The Kier molecular flexibility index (Phi) is 6.83. The zero-order chi connectivity index (χ0) is 10.4. The maximum Gasteiger partial charge on any atom is 0.0145 e. The van der Waals surface area contributed by atoms with Crippen molar-refractivity contribution in [2.75, 3.05) is 0 Å². The summed E-state index contributed by atoms with van der Waals surface area (Å²) in [6.07, 6.45) is 1.78. The molecule has 1 radical (unpaired) electrons. The summed E-state index contributed by atoms with van der Waals surface area (Å²) in [5.74, 6) is 0. The smallest absolute Gasteiger partial charge is 0.0145 e. The number of fused-ring (bicyclic) bond motifs is 1. The van der Waals surface area contributed by atoms with E-state index in [1.807, 2.05) is 30.3 Å². The summed E-state index contributed by atoms with van der Waals surface area (Å²) < 4.78 is 0. The Morgan fingerprint density at radius 1 is 1.27 bits per heavy atom. The normalized spacial score (nSPS) is 8.27. The van der Waals surface area contributed by atoms with Crippen molar-refractivity contribution in [2.45, 2.75) is 0 Å². The molecule has 0 bridgehead atoms. The van der Waals surface area contributed by atoms with Gasteiger partial charge >= 0.3 is 0 Å². The van der Waals surface area contributed by atoms with E-state index < -0.39 is 0 Å². The molecule has 0 aliphatic carbocycles. The molecule has 0 amide bonds. The molecule has 0 atom stereocenters. The van der Waals surface area contributed by atoms with Crippen molar-refractivity contribution in [1.82, 2.24) is 4.98 Å². The minimum absolute atomic E-state index is 0. The largest absolute Gasteiger partial charge is 0.444 e. The van der Waals surface area contributed by atoms with Crippen molar-refractivity contribution >= 4 is 10.9 Å². The predicted octanol–water partition coefficient (Wildman–Crippen LogP) is 2.67. The number of benzene rings is 1. The van der Waals surface area contributed by atoms with Crippen LogP contribution in [0.4, 0.5) is 0 Å². The summed E-state index contributed by atoms with van der Waals surface area (Å²) >= 11 is 0. The number of rotatable bonds is 0. The van der Waals surface area contributed by atoms with Gasteiger partial charge in [-0.15, -0.1) is 22.9 Å². The minimum Gasteiger partial charge on any atom is -0.444 e. The maximum atomic E-state index is 8.00. The fraction of sp³-hybridized carbons (Fsp3) is 0. The van der Waals surface area contributed by atoms with Gasteiger partial charge in [-0.2, -0.15) is 12.5 Å². The molecule has 0 saturated carbocycles. The van der Waals surface area contributed by atoms with E-state index in [1.54, 1.807) is 6.20 Å². The molecule has 0 unspecified atom stereocenters. The molecule has 0 spiro atoms. The Morgan fingerprint density at radius 3 is 2.47 bits per heavy atom. The summed E-state index contributed by atoms with van der Waals surface area (Å²) in [7, 11) is 0. The molecule has 75 valence electrons. The first-order valence-electron chi connectivity index (χ1n) is 3.90. The number of hydrogen-bond acceptors (Lipinski definition) is 4. The van der Waals surface area contributed by atoms with Crippen molar-refractivity contribution in [2.24, 2.45) is 5.34 Å². The molecule has 15 heavy (non-hydrogen) atoms. The summed E-state index contributed by atoms with van der Waals surface area (Å²) in [4.78, 5) is 12.2. The molecular weight excluding hydrogens is 269 g/mol. The van der Waals surface area contributed by atoms with E-state index in [0.29, 0.717) is 0 Å². The van der Waals surface area contributed by atoms with Gasteiger partial charge in [0.2, 0.25) is 0 Å². The Hall–Kier alpha value is -0.996. The number of hydrogen-bond donors (Lipinski definition) is 0. The van der Waals surface area contributed by atoms with Crippen molar-refractivity contribution < 1.29 is 32.7 Å². The number of nitrogens with zero attached hydrogens (tertiary/aromatic N) is 2. The fourth-order valence-electron chi connectivity index (χ4n) is 1.16. The van der Waals surface area contributed by atoms with Crippen LogP contribution in [0, 0.1) is 17.0 Å². The first kappa shape index (κ1) is 14.0. The van der Waals surface area contributed by atoms with Crippen LogP contribution < -0.4 is 0 Å². The Labute approximate surface area is 113 Å². The zero-order valence-corrected chi connectivity index (χ0v) is 10.8. The third-order valence-electron chi connectivity index (χ3n) is 1.74. The Balaban J connectivity index is 0.000000443. The minimum atomic E-state index is 0. The predicted molar refractivity (Wildman–Crippen MR) is 55.4 cm³/mol. The van der Waals surface area contributed by atoms with Crippen molar-refractivity contribution in [3.05, 3.63) is 59.1 Å². The first-order valence-corrected chi connectivity index (χ1v) is 3.90. The van der Waals surface area contributed by atoms with Crippen molar-refractivity contribution in [3.8, 4) is 0 Å². The number of para-hydroxylation sites is 1. The van der Waals surface area contributed by atoms with E-state index in [1.165, 1.54) is 0 Å². The van der Waals surface area contributed by atoms with Gasteiger partial charge in [0.25, 0.3) is 0 Å². The Bertz CT molecular complexity index is 429. The number of pyridine rings is 1. The summed E-state index contributed by atoms with van der Waals surface area (Å²) in [5.41, 5.74) is 2.05. The standard InChI is InChI=1S/C10H8N.HNO2.Y/c1-8-6-7-11-10-5-3-2-4-9(8)10;2-1-3;/h2-7H,1H2;(H,2,3);/q-1;;/p-1. The van der Waals surface area contributed by atoms with Crippen LogP contribution in [-0.4, -0.2) is 4.98 Å². The van der Waals surface area contributed by atoms with Crippen LogP contribution >= 0.6 is 0 Å². The molecule has 0 aliphatic rings. The van der Waals surface area contributed by atoms with Crippen LogP contribution in [0.15, 0.2) is 41.9 Å². The van der Waals surface area contributed by atoms with Gasteiger partial charge < -0.3 is 10.1 Å². The first-order chi connectivity index (χ1) is 6.79. The van der Waals surface area contributed by atoms with Crippen LogP contribution in [0.1, 0.15) is 5.56 Å². The molecule has 0 fully saturated rings. The van der Waals surface area contributed by atoms with Crippen molar-refractivity contribution in [1.29, 1.82) is 0 Å². The molecule has 4 nitrogen and oxygen atoms in total. The van der Waals surface area contributed by atoms with Gasteiger partial charge in [0, 0.05) is 38.2 Å². The second-order valence-electron chi connectivity index (χ2n) is 2.56. The summed E-state index contributed by atoms with van der Waals surface area (Å²) in [5, 5.41) is 10.1. The molecule has 1 heterocycles. The van der Waals surface area contributed by atoms with Crippen molar-refractivity contribution in [3.63, 3.8) is 0 Å². The average Bonchev–Trinajstić information content (AvgIpc) is 2.20. The average molecular weight is 277 g/mol. The van der Waals surface area contributed by atoms with E-state index >= 15 is 0 Å². The molecule has 1 aromatic heterocycles. The second-order valence-corrected chi connectivity index (χ2v) is 2.56. The maximum absolute atomic E-state index is 8.00. The molecular formula is C10H8N2O2Y-2. The van der Waals surface area contributed by atoms with E-state index in [-0.39, 0.29) is 32.7 Å². The van der Waals surface area contributed by atoms with E-state index in [2.05, 4.69) is 11.9 Å². The Morgan fingerprint density at radius 2 is 1.87 bits per heavy atom. The van der Waals surface area contributed by atoms with Gasteiger partial charge in [0.05, 0.1) is 0 Å². The van der Waals surface area contributed by atoms with Crippen LogP contribution in [0.3, 0.4) is 0 Å². The van der Waals surface area contributed by atoms with E-state index in [4.69, 9.17) is 10.1 Å². The monoisotopic (exact) mass is 277 g/mol. The van der Waals surface area contributed by atoms with Crippen LogP contribution in [-0.2, 0) is 32.7 Å². The fourth-order valence-corrected chi connectivity index (χ4v) is 1.16. The van der Waals surface area contributed by atoms with Gasteiger partial charge in [0.1, 0.15) is 0 Å². The molecule has 0 aliphatic heterocycles. The van der Waals surface area contributed by atoms with Gasteiger partial charge in [0.15, 0.2) is 0 Å². The quantitative estimate of drug-likeness (QED) is 0.422. The van der Waals surface area contributed by atoms with Gasteiger partial charge in [-0.25, -0.2) is 0 Å². The molecule has 2 aromatic rings. The van der Waals surface area contributed by atoms with E-state index in [9.17, 15) is 0 Å². The molecule has 2 rings (SSSR count). The summed E-state index contributed by atoms with van der Waals surface area (Å²) in [6, 6.07) is 9.92. The van der Waals surface area contributed by atoms with Gasteiger partial charge in [-0.1, -0.05) is 12.1 Å².